The van der Waals surface area contributed by atoms with Gasteiger partial charge in [0.05, 0.1) is 5.16 Å². The molecule has 0 heterocycles. The summed E-state index contributed by atoms with van der Waals surface area (Å²) in [6, 6.07) is 6.61. The summed E-state index contributed by atoms with van der Waals surface area (Å²) in [5.41, 5.74) is 1.000. The molecule has 1 aromatic carbocycles. The van der Waals surface area contributed by atoms with Gasteiger partial charge in [0.1, 0.15) is 5.82 Å². The summed E-state index contributed by atoms with van der Waals surface area (Å²) in [7, 11) is 0. The van der Waals surface area contributed by atoms with Gasteiger partial charge in [-0.1, -0.05) is 12.1 Å². The van der Waals surface area contributed by atoms with Crippen molar-refractivity contribution in [3.63, 3.8) is 0 Å². The van der Waals surface area contributed by atoms with Crippen LogP contribution in [0.4, 0.5) is 4.39 Å². The second-order valence-corrected chi connectivity index (χ2v) is 2.89. The second-order valence-electron chi connectivity index (χ2n) is 2.71. The van der Waals surface area contributed by atoms with Crippen LogP contribution < -0.4 is 0 Å². The zero-order valence-electron chi connectivity index (χ0n) is 7.16. The van der Waals surface area contributed by atoms with Crippen molar-refractivity contribution in [1.82, 2.24) is 0 Å². The Hall–Kier alpha value is -1.05. The highest BCUT2D eigenvalue weighted by atomic mass is 32.1. The van der Waals surface area contributed by atoms with Gasteiger partial charge in [0, 0.05) is 6.54 Å². The number of benzene rings is 1. The van der Waals surface area contributed by atoms with Crippen molar-refractivity contribution in [3.05, 3.63) is 35.6 Å². The van der Waals surface area contributed by atoms with E-state index in [1.54, 1.807) is 12.1 Å². The number of isothiocyanates is 1. The smallest absolute Gasteiger partial charge is 0.123 e. The van der Waals surface area contributed by atoms with Crippen LogP contribution in [0.5, 0.6) is 0 Å². The van der Waals surface area contributed by atoms with Crippen LogP contribution >= 0.6 is 12.2 Å². The van der Waals surface area contributed by atoms with E-state index in [4.69, 9.17) is 0 Å². The van der Waals surface area contributed by atoms with Crippen molar-refractivity contribution in [2.24, 2.45) is 4.99 Å². The minimum absolute atomic E-state index is 0.184. The van der Waals surface area contributed by atoms with Gasteiger partial charge in [0.2, 0.25) is 0 Å². The first-order valence-electron chi connectivity index (χ1n) is 4.11. The number of halogens is 1. The van der Waals surface area contributed by atoms with Crippen LogP contribution in [-0.4, -0.2) is 11.7 Å². The first kappa shape index (κ1) is 10.0. The lowest BCUT2D eigenvalue weighted by Gasteiger charge is -1.98. The molecule has 0 aliphatic heterocycles. The summed E-state index contributed by atoms with van der Waals surface area (Å²) < 4.78 is 12.7. The van der Waals surface area contributed by atoms with Crippen LogP contribution in [0.15, 0.2) is 29.3 Å². The molecular formula is C10H10FNS. The first-order valence-corrected chi connectivity index (χ1v) is 4.52. The molecule has 3 heteroatoms. The molecular weight excluding hydrogens is 185 g/mol. The molecule has 0 atom stereocenters. The number of rotatable bonds is 4. The molecule has 68 valence electrons. The molecule has 1 rings (SSSR count). The molecule has 0 aromatic heterocycles. The van der Waals surface area contributed by atoms with Crippen molar-refractivity contribution in [2.75, 3.05) is 6.54 Å². The fourth-order valence-corrected chi connectivity index (χ4v) is 1.19. The van der Waals surface area contributed by atoms with Crippen molar-refractivity contribution >= 4 is 17.4 Å². The molecule has 0 saturated heterocycles. The summed E-state index contributed by atoms with van der Waals surface area (Å²) >= 11 is 4.43. The SMILES string of the molecule is Fc1cccc(CCCN=C=S)c1. The number of aliphatic imine (C=N–C) groups is 1. The van der Waals surface area contributed by atoms with Crippen LogP contribution in [-0.2, 0) is 6.42 Å². The number of aryl methyl sites for hydroxylation is 1. The topological polar surface area (TPSA) is 12.4 Å². The summed E-state index contributed by atoms with van der Waals surface area (Å²) in [4.78, 5) is 3.78. The van der Waals surface area contributed by atoms with E-state index in [-0.39, 0.29) is 5.82 Å². The maximum atomic E-state index is 12.7. The molecule has 0 aliphatic carbocycles. The molecule has 0 amide bonds. The maximum Gasteiger partial charge on any atom is 0.123 e. The van der Waals surface area contributed by atoms with Gasteiger partial charge in [0.15, 0.2) is 0 Å². The normalized spacial score (nSPS) is 9.31. The largest absolute Gasteiger partial charge is 0.233 e. The standard InChI is InChI=1S/C10H10FNS/c11-10-5-1-3-9(7-10)4-2-6-12-8-13/h1,3,5,7H,2,4,6H2. The van der Waals surface area contributed by atoms with E-state index >= 15 is 0 Å². The van der Waals surface area contributed by atoms with E-state index in [0.29, 0.717) is 6.54 Å². The van der Waals surface area contributed by atoms with Crippen LogP contribution in [0.2, 0.25) is 0 Å². The highest BCUT2D eigenvalue weighted by Gasteiger charge is 1.94. The highest BCUT2D eigenvalue weighted by molar-refractivity contribution is 7.78. The van der Waals surface area contributed by atoms with Crippen LogP contribution in [0.3, 0.4) is 0 Å². The van der Waals surface area contributed by atoms with Crippen LogP contribution in [0.25, 0.3) is 0 Å². The van der Waals surface area contributed by atoms with Gasteiger partial charge in [-0.05, 0) is 42.8 Å². The Morgan fingerprint density at radius 3 is 3.00 bits per heavy atom. The lowest BCUT2D eigenvalue weighted by Crippen LogP contribution is -1.88. The fourth-order valence-electron chi connectivity index (χ4n) is 1.10. The Bertz CT molecular complexity index is 318. The number of nitrogens with zero attached hydrogens (tertiary/aromatic N) is 1. The van der Waals surface area contributed by atoms with Gasteiger partial charge in [0.25, 0.3) is 0 Å². The Morgan fingerprint density at radius 1 is 1.46 bits per heavy atom. The van der Waals surface area contributed by atoms with Gasteiger partial charge >= 0.3 is 0 Å². The van der Waals surface area contributed by atoms with Crippen molar-refractivity contribution < 1.29 is 4.39 Å². The fraction of sp³-hybridized carbons (Fsp3) is 0.300. The van der Waals surface area contributed by atoms with Crippen LogP contribution in [0.1, 0.15) is 12.0 Å². The van der Waals surface area contributed by atoms with E-state index in [1.807, 2.05) is 6.07 Å². The molecule has 1 nitrogen and oxygen atoms in total. The lowest BCUT2D eigenvalue weighted by atomic mass is 10.1. The van der Waals surface area contributed by atoms with E-state index in [1.165, 1.54) is 6.07 Å². The lowest BCUT2D eigenvalue weighted by molar-refractivity contribution is 0.624. The molecule has 0 aliphatic rings. The zero-order valence-corrected chi connectivity index (χ0v) is 7.98. The summed E-state index contributed by atoms with van der Waals surface area (Å²) in [6.07, 6.45) is 1.71. The second kappa shape index (κ2) is 5.57. The predicted octanol–water partition coefficient (Wildman–Crippen LogP) is 2.86. The molecule has 0 radical (unpaired) electrons. The van der Waals surface area contributed by atoms with Crippen molar-refractivity contribution in [3.8, 4) is 0 Å². The van der Waals surface area contributed by atoms with E-state index in [9.17, 15) is 4.39 Å². The van der Waals surface area contributed by atoms with Gasteiger partial charge in [-0.3, -0.25) is 0 Å². The Labute approximate surface area is 82.3 Å². The average molecular weight is 195 g/mol. The molecule has 0 unspecified atom stereocenters. The average Bonchev–Trinajstić information content (AvgIpc) is 2.13. The highest BCUT2D eigenvalue weighted by Crippen LogP contribution is 2.05. The monoisotopic (exact) mass is 195 g/mol. The van der Waals surface area contributed by atoms with Gasteiger partial charge in [-0.2, -0.15) is 0 Å². The molecule has 0 saturated carbocycles. The molecule has 1 aromatic rings. The molecule has 0 bridgehead atoms. The summed E-state index contributed by atoms with van der Waals surface area (Å²) in [5.74, 6) is -0.184. The third kappa shape index (κ3) is 3.92. The number of hydrogen-bond donors (Lipinski definition) is 0. The molecule has 0 N–H and O–H groups in total. The first-order chi connectivity index (χ1) is 6.33. The van der Waals surface area contributed by atoms with Crippen molar-refractivity contribution in [2.45, 2.75) is 12.8 Å². The van der Waals surface area contributed by atoms with E-state index in [2.05, 4.69) is 22.4 Å². The summed E-state index contributed by atoms with van der Waals surface area (Å²) in [6.45, 7) is 0.667. The number of thiocarbonyl (C=S) groups is 1. The third-order valence-corrected chi connectivity index (χ3v) is 1.82. The maximum absolute atomic E-state index is 12.7. The Balaban J connectivity index is 2.40. The molecule has 13 heavy (non-hydrogen) atoms. The third-order valence-electron chi connectivity index (χ3n) is 1.69. The van der Waals surface area contributed by atoms with Crippen molar-refractivity contribution in [1.29, 1.82) is 0 Å². The summed E-state index contributed by atoms with van der Waals surface area (Å²) in [5, 5.41) is 2.30. The van der Waals surface area contributed by atoms with Gasteiger partial charge in [-0.25, -0.2) is 9.38 Å². The zero-order chi connectivity index (χ0) is 9.52. The Morgan fingerprint density at radius 2 is 2.31 bits per heavy atom. The Kier molecular flexibility index (Phi) is 4.30. The number of hydrogen-bond acceptors (Lipinski definition) is 2. The quantitative estimate of drug-likeness (QED) is 0.409. The van der Waals surface area contributed by atoms with Crippen LogP contribution in [0, 0.1) is 5.82 Å². The predicted molar refractivity (Wildman–Crippen MR) is 54.6 cm³/mol. The van der Waals surface area contributed by atoms with Gasteiger partial charge in [-0.15, -0.1) is 0 Å². The van der Waals surface area contributed by atoms with Gasteiger partial charge < -0.3 is 0 Å². The minimum Gasteiger partial charge on any atom is -0.233 e. The minimum atomic E-state index is -0.184. The molecule has 0 spiro atoms. The van der Waals surface area contributed by atoms with E-state index < -0.39 is 0 Å². The van der Waals surface area contributed by atoms with E-state index in [0.717, 1.165) is 18.4 Å². The molecule has 0 fully saturated rings.